The summed E-state index contributed by atoms with van der Waals surface area (Å²) < 4.78 is 0. The fraction of sp³-hybridized carbons (Fsp3) is 0.611. The monoisotopic (exact) mass is 288 g/mol. The molecule has 3 nitrogen and oxygen atoms in total. The van der Waals surface area contributed by atoms with Crippen LogP contribution >= 0.6 is 0 Å². The van der Waals surface area contributed by atoms with Gasteiger partial charge in [0.1, 0.15) is 6.04 Å². The lowest BCUT2D eigenvalue weighted by atomic mass is 9.89. The quantitative estimate of drug-likeness (QED) is 0.927. The molecule has 21 heavy (non-hydrogen) atoms. The molecule has 1 aliphatic heterocycles. The van der Waals surface area contributed by atoms with Crippen molar-refractivity contribution in [3.8, 4) is 0 Å². The summed E-state index contributed by atoms with van der Waals surface area (Å²) in [6.07, 6.45) is 3.42. The van der Waals surface area contributed by atoms with Gasteiger partial charge in [0, 0.05) is 13.1 Å². The average molecular weight is 288 g/mol. The van der Waals surface area contributed by atoms with Crippen molar-refractivity contribution >= 4 is 5.91 Å². The number of likely N-dealkylation sites (tertiary alicyclic amines) is 1. The zero-order valence-electron chi connectivity index (χ0n) is 13.5. The molecule has 0 saturated carbocycles. The van der Waals surface area contributed by atoms with Gasteiger partial charge in [-0.3, -0.25) is 4.79 Å². The Kier molecular flexibility index (Phi) is 5.40. The van der Waals surface area contributed by atoms with E-state index < -0.39 is 6.04 Å². The summed E-state index contributed by atoms with van der Waals surface area (Å²) in [6, 6.07) is 7.43. The molecule has 116 valence electrons. The normalized spacial score (nSPS) is 21.2. The first-order valence-corrected chi connectivity index (χ1v) is 8.10. The Morgan fingerprint density at radius 1 is 1.19 bits per heavy atom. The molecule has 0 aromatic heterocycles. The Morgan fingerprint density at radius 3 is 2.48 bits per heavy atom. The van der Waals surface area contributed by atoms with Crippen LogP contribution in [0.15, 0.2) is 24.3 Å². The number of benzene rings is 1. The largest absolute Gasteiger partial charge is 0.341 e. The predicted molar refractivity (Wildman–Crippen MR) is 86.9 cm³/mol. The van der Waals surface area contributed by atoms with Crippen LogP contribution in [0.3, 0.4) is 0 Å². The van der Waals surface area contributed by atoms with Gasteiger partial charge in [0.2, 0.25) is 5.91 Å². The van der Waals surface area contributed by atoms with Crippen molar-refractivity contribution in [3.63, 3.8) is 0 Å². The van der Waals surface area contributed by atoms with Crippen molar-refractivity contribution in [2.24, 2.45) is 17.6 Å². The van der Waals surface area contributed by atoms with E-state index in [0.29, 0.717) is 5.92 Å². The number of hydrogen-bond donors (Lipinski definition) is 1. The Hall–Kier alpha value is -1.35. The maximum absolute atomic E-state index is 12.6. The maximum Gasteiger partial charge on any atom is 0.244 e. The molecule has 0 spiro atoms. The number of amides is 1. The SMILES string of the molecule is Cc1ccc(C(N)C(=O)N2CCCC(C(C)C)CC2)cc1. The molecule has 1 saturated heterocycles. The van der Waals surface area contributed by atoms with Crippen molar-refractivity contribution in [1.29, 1.82) is 0 Å². The summed E-state index contributed by atoms with van der Waals surface area (Å²) in [5.41, 5.74) is 8.27. The van der Waals surface area contributed by atoms with Gasteiger partial charge < -0.3 is 10.6 Å². The summed E-state index contributed by atoms with van der Waals surface area (Å²) >= 11 is 0. The van der Waals surface area contributed by atoms with Crippen LogP contribution in [0.1, 0.15) is 50.3 Å². The van der Waals surface area contributed by atoms with Crippen molar-refractivity contribution in [2.75, 3.05) is 13.1 Å². The first-order chi connectivity index (χ1) is 9.99. The summed E-state index contributed by atoms with van der Waals surface area (Å²) in [4.78, 5) is 14.6. The first-order valence-electron chi connectivity index (χ1n) is 8.10. The number of nitrogens with zero attached hydrogens (tertiary/aromatic N) is 1. The summed E-state index contributed by atoms with van der Waals surface area (Å²) in [7, 11) is 0. The Bertz CT molecular complexity index is 467. The van der Waals surface area contributed by atoms with E-state index in [1.165, 1.54) is 12.0 Å². The van der Waals surface area contributed by atoms with E-state index in [1.807, 2.05) is 36.1 Å². The van der Waals surface area contributed by atoms with Crippen LogP contribution in [-0.2, 0) is 4.79 Å². The molecule has 0 radical (unpaired) electrons. The molecule has 2 atom stereocenters. The topological polar surface area (TPSA) is 46.3 Å². The number of aryl methyl sites for hydroxylation is 1. The van der Waals surface area contributed by atoms with Crippen LogP contribution in [0.5, 0.6) is 0 Å². The molecule has 3 heteroatoms. The van der Waals surface area contributed by atoms with Gasteiger partial charge in [0.25, 0.3) is 0 Å². The maximum atomic E-state index is 12.6. The lowest BCUT2D eigenvalue weighted by Gasteiger charge is -2.25. The van der Waals surface area contributed by atoms with Crippen LogP contribution in [0.25, 0.3) is 0 Å². The van der Waals surface area contributed by atoms with Crippen LogP contribution in [0, 0.1) is 18.8 Å². The minimum Gasteiger partial charge on any atom is -0.341 e. The molecule has 1 fully saturated rings. The fourth-order valence-electron chi connectivity index (χ4n) is 3.12. The van der Waals surface area contributed by atoms with Crippen LogP contribution in [0.4, 0.5) is 0 Å². The second-order valence-electron chi connectivity index (χ2n) is 6.65. The first kappa shape index (κ1) is 16.0. The van der Waals surface area contributed by atoms with Crippen LogP contribution in [0.2, 0.25) is 0 Å². The molecule has 1 aromatic rings. The molecule has 1 heterocycles. The molecular formula is C18H28N2O. The molecule has 2 unspecified atom stereocenters. The second-order valence-corrected chi connectivity index (χ2v) is 6.65. The highest BCUT2D eigenvalue weighted by Gasteiger charge is 2.26. The lowest BCUT2D eigenvalue weighted by molar-refractivity contribution is -0.132. The molecule has 1 aromatic carbocycles. The summed E-state index contributed by atoms with van der Waals surface area (Å²) in [5, 5.41) is 0. The van der Waals surface area contributed by atoms with Crippen molar-refractivity contribution in [1.82, 2.24) is 4.90 Å². The van der Waals surface area contributed by atoms with E-state index in [-0.39, 0.29) is 5.91 Å². The number of hydrogen-bond acceptors (Lipinski definition) is 2. The summed E-state index contributed by atoms with van der Waals surface area (Å²) in [5.74, 6) is 1.51. The number of rotatable bonds is 3. The highest BCUT2D eigenvalue weighted by molar-refractivity contribution is 5.83. The molecule has 2 rings (SSSR count). The van der Waals surface area contributed by atoms with Gasteiger partial charge in [-0.15, -0.1) is 0 Å². The molecule has 1 amide bonds. The Balaban J connectivity index is 2.00. The summed E-state index contributed by atoms with van der Waals surface area (Å²) in [6.45, 7) is 8.29. The van der Waals surface area contributed by atoms with Crippen LogP contribution < -0.4 is 5.73 Å². The highest BCUT2D eigenvalue weighted by atomic mass is 16.2. The third-order valence-corrected chi connectivity index (χ3v) is 4.73. The zero-order chi connectivity index (χ0) is 15.4. The van der Waals surface area contributed by atoms with E-state index in [4.69, 9.17) is 5.73 Å². The van der Waals surface area contributed by atoms with E-state index in [0.717, 1.165) is 37.4 Å². The smallest absolute Gasteiger partial charge is 0.244 e. The molecule has 0 aliphatic carbocycles. The van der Waals surface area contributed by atoms with Crippen molar-refractivity contribution in [3.05, 3.63) is 35.4 Å². The van der Waals surface area contributed by atoms with E-state index in [1.54, 1.807) is 0 Å². The van der Waals surface area contributed by atoms with Gasteiger partial charge in [0.05, 0.1) is 0 Å². The third kappa shape index (κ3) is 4.07. The van der Waals surface area contributed by atoms with Gasteiger partial charge in [0.15, 0.2) is 0 Å². The highest BCUT2D eigenvalue weighted by Crippen LogP contribution is 2.25. The molecule has 2 N–H and O–H groups in total. The van der Waals surface area contributed by atoms with Gasteiger partial charge in [-0.25, -0.2) is 0 Å². The molecular weight excluding hydrogens is 260 g/mol. The molecule has 1 aliphatic rings. The van der Waals surface area contributed by atoms with E-state index in [2.05, 4.69) is 13.8 Å². The fourth-order valence-corrected chi connectivity index (χ4v) is 3.12. The van der Waals surface area contributed by atoms with Gasteiger partial charge in [-0.1, -0.05) is 43.7 Å². The number of nitrogens with two attached hydrogens (primary N) is 1. The Labute approximate surface area is 128 Å². The van der Waals surface area contributed by atoms with Crippen molar-refractivity contribution in [2.45, 2.75) is 46.1 Å². The third-order valence-electron chi connectivity index (χ3n) is 4.73. The zero-order valence-corrected chi connectivity index (χ0v) is 13.5. The predicted octanol–water partition coefficient (Wildman–Crippen LogP) is 3.28. The average Bonchev–Trinajstić information content (AvgIpc) is 2.72. The van der Waals surface area contributed by atoms with Gasteiger partial charge in [-0.05, 0) is 43.6 Å². The lowest BCUT2D eigenvalue weighted by Crippen LogP contribution is -2.39. The number of carbonyl (C=O) groups excluding carboxylic acids is 1. The minimum atomic E-state index is -0.527. The van der Waals surface area contributed by atoms with E-state index >= 15 is 0 Å². The minimum absolute atomic E-state index is 0.0725. The number of carbonyl (C=O) groups is 1. The van der Waals surface area contributed by atoms with Crippen LogP contribution in [-0.4, -0.2) is 23.9 Å². The second kappa shape index (κ2) is 7.08. The van der Waals surface area contributed by atoms with Gasteiger partial charge in [-0.2, -0.15) is 0 Å². The van der Waals surface area contributed by atoms with Crippen molar-refractivity contribution < 1.29 is 4.79 Å². The van der Waals surface area contributed by atoms with E-state index in [9.17, 15) is 4.79 Å². The standard InChI is InChI=1S/C18H28N2O/c1-13(2)15-5-4-11-20(12-10-15)18(21)17(19)16-8-6-14(3)7-9-16/h6-9,13,15,17H,4-5,10-12,19H2,1-3H3. The molecule has 0 bridgehead atoms. The van der Waals surface area contributed by atoms with Gasteiger partial charge >= 0.3 is 0 Å². The Morgan fingerprint density at radius 2 is 1.86 bits per heavy atom.